The average Bonchev–Trinajstić information content (AvgIpc) is 2.75. The first-order chi connectivity index (χ1) is 13.8. The van der Waals surface area contributed by atoms with Crippen molar-refractivity contribution in [1.29, 1.82) is 0 Å². The third-order valence-electron chi connectivity index (χ3n) is 7.82. The molecule has 158 valence electrons. The summed E-state index contributed by atoms with van der Waals surface area (Å²) >= 11 is 0. The first-order valence-electron chi connectivity index (χ1n) is 12.8. The normalized spacial score (nSPS) is 28.4. The molecule has 0 radical (unpaired) electrons. The zero-order valence-corrected chi connectivity index (χ0v) is 18.8. The maximum atomic E-state index is 4.96. The smallest absolute Gasteiger partial charge is 0.0434 e. The summed E-state index contributed by atoms with van der Waals surface area (Å²) in [5.41, 5.74) is 2.90. The molecule has 0 atom stereocenters. The summed E-state index contributed by atoms with van der Waals surface area (Å²) in [7, 11) is 0. The standard InChI is InChI=1S/C27H45N/c1-3-5-7-9-22-11-15-24(16-12-22)26-19-20-27(28-21-26)25-17-13-23(14-18-25)10-8-6-4-2/h19-25H,3-18H2,1-2H3. The molecule has 28 heavy (non-hydrogen) atoms. The van der Waals surface area contributed by atoms with Crippen molar-refractivity contribution in [2.75, 3.05) is 0 Å². The van der Waals surface area contributed by atoms with Crippen molar-refractivity contribution in [2.24, 2.45) is 11.8 Å². The van der Waals surface area contributed by atoms with Gasteiger partial charge in [0.15, 0.2) is 0 Å². The highest BCUT2D eigenvalue weighted by atomic mass is 14.7. The van der Waals surface area contributed by atoms with Crippen LogP contribution in [-0.2, 0) is 0 Å². The van der Waals surface area contributed by atoms with Crippen molar-refractivity contribution >= 4 is 0 Å². The Morgan fingerprint density at radius 3 is 1.68 bits per heavy atom. The van der Waals surface area contributed by atoms with Crippen molar-refractivity contribution in [1.82, 2.24) is 4.98 Å². The number of hydrogen-bond acceptors (Lipinski definition) is 1. The SMILES string of the molecule is CCCCCC1CCC(c2ccc(C3CCC(CCCCC)CC3)nc2)CC1. The Labute approximate surface area is 175 Å². The number of hydrogen-bond donors (Lipinski definition) is 0. The van der Waals surface area contributed by atoms with Crippen molar-refractivity contribution in [3.8, 4) is 0 Å². The fourth-order valence-electron chi connectivity index (χ4n) is 5.80. The zero-order chi connectivity index (χ0) is 19.6. The van der Waals surface area contributed by atoms with Gasteiger partial charge in [-0.2, -0.15) is 0 Å². The minimum atomic E-state index is 0.728. The molecule has 0 aromatic carbocycles. The van der Waals surface area contributed by atoms with E-state index < -0.39 is 0 Å². The molecule has 0 amide bonds. The highest BCUT2D eigenvalue weighted by Gasteiger charge is 2.25. The molecule has 1 heterocycles. The third kappa shape index (κ3) is 6.60. The summed E-state index contributed by atoms with van der Waals surface area (Å²) in [6, 6.07) is 4.81. The molecule has 0 spiro atoms. The van der Waals surface area contributed by atoms with E-state index >= 15 is 0 Å². The molecule has 2 fully saturated rings. The molecule has 2 aliphatic carbocycles. The molecular weight excluding hydrogens is 338 g/mol. The predicted octanol–water partition coefficient (Wildman–Crippen LogP) is 8.79. The molecule has 1 aromatic rings. The van der Waals surface area contributed by atoms with Crippen LogP contribution >= 0.6 is 0 Å². The topological polar surface area (TPSA) is 12.9 Å². The Kier molecular flexibility index (Phi) is 9.35. The van der Waals surface area contributed by atoms with Crippen LogP contribution in [0.4, 0.5) is 0 Å². The molecular formula is C27H45N. The van der Waals surface area contributed by atoms with E-state index in [-0.39, 0.29) is 0 Å². The molecule has 1 aromatic heterocycles. The fourth-order valence-corrected chi connectivity index (χ4v) is 5.80. The molecule has 0 bridgehead atoms. The first-order valence-corrected chi connectivity index (χ1v) is 12.8. The van der Waals surface area contributed by atoms with Crippen LogP contribution in [0.25, 0.3) is 0 Å². The van der Waals surface area contributed by atoms with Crippen molar-refractivity contribution in [2.45, 2.75) is 128 Å². The highest BCUT2D eigenvalue weighted by molar-refractivity contribution is 5.21. The van der Waals surface area contributed by atoms with Gasteiger partial charge in [-0.1, -0.05) is 71.3 Å². The van der Waals surface area contributed by atoms with E-state index in [1.54, 1.807) is 0 Å². The van der Waals surface area contributed by atoms with Gasteiger partial charge in [0.1, 0.15) is 0 Å². The number of pyridine rings is 1. The molecule has 0 unspecified atom stereocenters. The summed E-state index contributed by atoms with van der Waals surface area (Å²) in [5, 5.41) is 0. The second kappa shape index (κ2) is 12.0. The summed E-state index contributed by atoms with van der Waals surface area (Å²) in [5.74, 6) is 3.50. The number of unbranched alkanes of at least 4 members (excludes halogenated alkanes) is 4. The van der Waals surface area contributed by atoms with E-state index in [9.17, 15) is 0 Å². The van der Waals surface area contributed by atoms with Crippen LogP contribution in [0.15, 0.2) is 18.3 Å². The summed E-state index contributed by atoms with van der Waals surface area (Å²) in [6.45, 7) is 4.62. The first kappa shape index (κ1) is 21.8. The molecule has 2 saturated carbocycles. The molecule has 0 aliphatic heterocycles. The van der Waals surface area contributed by atoms with Gasteiger partial charge in [0.05, 0.1) is 0 Å². The Balaban J connectivity index is 1.41. The summed E-state index contributed by atoms with van der Waals surface area (Å²) in [6.07, 6.45) is 24.9. The van der Waals surface area contributed by atoms with E-state index in [2.05, 4.69) is 32.2 Å². The molecule has 2 aliphatic rings. The van der Waals surface area contributed by atoms with E-state index in [1.165, 1.54) is 114 Å². The average molecular weight is 384 g/mol. The maximum Gasteiger partial charge on any atom is 0.0434 e. The van der Waals surface area contributed by atoms with Crippen molar-refractivity contribution in [3.63, 3.8) is 0 Å². The number of aromatic nitrogens is 1. The minimum Gasteiger partial charge on any atom is -0.261 e. The van der Waals surface area contributed by atoms with E-state index in [4.69, 9.17) is 4.98 Å². The lowest BCUT2D eigenvalue weighted by molar-refractivity contribution is 0.298. The number of nitrogens with zero attached hydrogens (tertiary/aromatic N) is 1. The summed E-state index contributed by atoms with van der Waals surface area (Å²) in [4.78, 5) is 4.96. The lowest BCUT2D eigenvalue weighted by atomic mass is 9.76. The second-order valence-corrected chi connectivity index (χ2v) is 9.94. The van der Waals surface area contributed by atoms with Gasteiger partial charge in [0.25, 0.3) is 0 Å². The maximum absolute atomic E-state index is 4.96. The lowest BCUT2D eigenvalue weighted by Gasteiger charge is -2.30. The molecule has 3 rings (SSSR count). The van der Waals surface area contributed by atoms with Crippen LogP contribution in [0, 0.1) is 11.8 Å². The predicted molar refractivity (Wildman–Crippen MR) is 122 cm³/mol. The van der Waals surface area contributed by atoms with Crippen LogP contribution in [0.3, 0.4) is 0 Å². The van der Waals surface area contributed by atoms with Crippen LogP contribution < -0.4 is 0 Å². The number of rotatable bonds is 10. The van der Waals surface area contributed by atoms with Crippen LogP contribution in [-0.4, -0.2) is 4.98 Å². The molecule has 0 N–H and O–H groups in total. The van der Waals surface area contributed by atoms with E-state index in [0.717, 1.165) is 23.7 Å². The molecule has 1 heteroatoms. The van der Waals surface area contributed by atoms with Gasteiger partial charge in [0.2, 0.25) is 0 Å². The quantitative estimate of drug-likeness (QED) is 0.368. The van der Waals surface area contributed by atoms with Crippen LogP contribution in [0.1, 0.15) is 140 Å². The highest BCUT2D eigenvalue weighted by Crippen LogP contribution is 2.39. The van der Waals surface area contributed by atoms with Crippen molar-refractivity contribution < 1.29 is 0 Å². The van der Waals surface area contributed by atoms with Gasteiger partial charge in [-0.25, -0.2) is 0 Å². The third-order valence-corrected chi connectivity index (χ3v) is 7.82. The largest absolute Gasteiger partial charge is 0.261 e. The Bertz CT molecular complexity index is 469. The molecule has 1 nitrogen and oxygen atoms in total. The van der Waals surface area contributed by atoms with Gasteiger partial charge in [-0.3, -0.25) is 4.98 Å². The Hall–Kier alpha value is -0.850. The zero-order valence-electron chi connectivity index (χ0n) is 18.8. The Morgan fingerprint density at radius 2 is 1.21 bits per heavy atom. The van der Waals surface area contributed by atoms with Gasteiger partial charge in [-0.15, -0.1) is 0 Å². The van der Waals surface area contributed by atoms with Gasteiger partial charge < -0.3 is 0 Å². The minimum absolute atomic E-state index is 0.728. The van der Waals surface area contributed by atoms with Gasteiger partial charge >= 0.3 is 0 Å². The fraction of sp³-hybridized carbons (Fsp3) is 0.815. The monoisotopic (exact) mass is 383 g/mol. The second-order valence-electron chi connectivity index (χ2n) is 9.94. The van der Waals surface area contributed by atoms with Crippen molar-refractivity contribution in [3.05, 3.63) is 29.6 Å². The summed E-state index contributed by atoms with van der Waals surface area (Å²) < 4.78 is 0. The molecule has 0 saturated heterocycles. The lowest BCUT2D eigenvalue weighted by Crippen LogP contribution is -2.15. The van der Waals surface area contributed by atoms with Gasteiger partial charge in [0, 0.05) is 17.8 Å². The van der Waals surface area contributed by atoms with Gasteiger partial charge in [-0.05, 0) is 80.8 Å². The van der Waals surface area contributed by atoms with E-state index in [1.807, 2.05) is 0 Å². The van der Waals surface area contributed by atoms with E-state index in [0.29, 0.717) is 0 Å². The van der Waals surface area contributed by atoms with Crippen LogP contribution in [0.2, 0.25) is 0 Å². The Morgan fingerprint density at radius 1 is 0.679 bits per heavy atom. The van der Waals surface area contributed by atoms with Crippen LogP contribution in [0.5, 0.6) is 0 Å².